The molecule has 0 aromatic carbocycles. The van der Waals surface area contributed by atoms with Crippen LogP contribution in [0.15, 0.2) is 17.0 Å². The van der Waals surface area contributed by atoms with Crippen LogP contribution in [0.1, 0.15) is 36.2 Å². The third-order valence-corrected chi connectivity index (χ3v) is 3.35. The molecule has 0 radical (unpaired) electrons. The molecular weight excluding hydrogens is 300 g/mol. The summed E-state index contributed by atoms with van der Waals surface area (Å²) < 4.78 is 5.56. The molecule has 1 aliphatic carbocycles. The van der Waals surface area contributed by atoms with E-state index in [9.17, 15) is 9.59 Å². The van der Waals surface area contributed by atoms with Crippen LogP contribution in [-0.4, -0.2) is 28.3 Å². The van der Waals surface area contributed by atoms with Gasteiger partial charge in [0.25, 0.3) is 0 Å². The Bertz CT molecular complexity index is 441. The monoisotopic (exact) mass is 312 g/mol. The van der Waals surface area contributed by atoms with E-state index in [0.29, 0.717) is 4.60 Å². The highest BCUT2D eigenvalue weighted by atomic mass is 79.9. The largest absolute Gasteiger partial charge is 0.457 e. The van der Waals surface area contributed by atoms with Gasteiger partial charge >= 0.3 is 5.97 Å². The van der Waals surface area contributed by atoms with Crippen LogP contribution < -0.4 is 0 Å². The maximum atomic E-state index is 11.7. The van der Waals surface area contributed by atoms with Crippen LogP contribution >= 0.6 is 15.9 Å². The first kappa shape index (κ1) is 13.1. The molecule has 0 N–H and O–H groups in total. The summed E-state index contributed by atoms with van der Waals surface area (Å²) in [6, 6.07) is 0. The van der Waals surface area contributed by atoms with Crippen molar-refractivity contribution >= 4 is 27.7 Å². The molecule has 1 aromatic heterocycles. The lowest BCUT2D eigenvalue weighted by Gasteiger charge is -2.08. The average molecular weight is 313 g/mol. The smallest absolute Gasteiger partial charge is 0.309 e. The van der Waals surface area contributed by atoms with Crippen LogP contribution in [-0.2, 0) is 9.53 Å². The normalized spacial score (nSPS) is 15.6. The molecule has 1 aromatic rings. The van der Waals surface area contributed by atoms with Crippen LogP contribution in [0.25, 0.3) is 0 Å². The van der Waals surface area contributed by atoms with Gasteiger partial charge in [0.1, 0.15) is 10.3 Å². The van der Waals surface area contributed by atoms with Gasteiger partial charge in [0.2, 0.25) is 5.78 Å². The Hall–Kier alpha value is -1.30. The maximum Gasteiger partial charge on any atom is 0.309 e. The second-order valence-corrected chi connectivity index (χ2v) is 5.05. The molecule has 1 heterocycles. The molecule has 1 fully saturated rings. The summed E-state index contributed by atoms with van der Waals surface area (Å²) in [5.41, 5.74) is 0.206. The number of hydrogen-bond donors (Lipinski definition) is 0. The summed E-state index contributed by atoms with van der Waals surface area (Å²) in [6.07, 6.45) is 6.65. The second kappa shape index (κ2) is 6.04. The zero-order valence-electron chi connectivity index (χ0n) is 9.76. The average Bonchev–Trinajstić information content (AvgIpc) is 2.90. The number of aromatic nitrogens is 2. The van der Waals surface area contributed by atoms with Crippen LogP contribution in [0, 0.1) is 5.92 Å². The number of ether oxygens (including phenoxy) is 1. The van der Waals surface area contributed by atoms with Gasteiger partial charge in [0, 0.05) is 0 Å². The number of esters is 1. The molecule has 1 aliphatic rings. The predicted octanol–water partition coefficient (Wildman–Crippen LogP) is 2.16. The fourth-order valence-corrected chi connectivity index (χ4v) is 2.15. The molecule has 18 heavy (non-hydrogen) atoms. The van der Waals surface area contributed by atoms with Gasteiger partial charge in [-0.3, -0.25) is 9.59 Å². The van der Waals surface area contributed by atoms with Crippen molar-refractivity contribution in [2.75, 3.05) is 6.61 Å². The van der Waals surface area contributed by atoms with Crippen molar-refractivity contribution in [2.24, 2.45) is 5.92 Å². The number of rotatable bonds is 4. The van der Waals surface area contributed by atoms with E-state index in [1.807, 2.05) is 0 Å². The zero-order chi connectivity index (χ0) is 13.0. The van der Waals surface area contributed by atoms with Crippen molar-refractivity contribution < 1.29 is 14.3 Å². The number of carbonyl (C=O) groups is 2. The first-order valence-corrected chi connectivity index (χ1v) is 6.63. The molecule has 0 atom stereocenters. The van der Waals surface area contributed by atoms with Gasteiger partial charge < -0.3 is 4.74 Å². The zero-order valence-corrected chi connectivity index (χ0v) is 11.4. The molecule has 6 heteroatoms. The van der Waals surface area contributed by atoms with E-state index in [1.54, 1.807) is 0 Å². The van der Waals surface area contributed by atoms with E-state index in [0.717, 1.165) is 25.7 Å². The molecule has 0 bridgehead atoms. The fourth-order valence-electron chi connectivity index (χ4n) is 1.95. The minimum absolute atomic E-state index is 0.0335. The maximum absolute atomic E-state index is 11.7. The first-order valence-electron chi connectivity index (χ1n) is 5.84. The minimum Gasteiger partial charge on any atom is -0.457 e. The number of hydrogen-bond acceptors (Lipinski definition) is 5. The summed E-state index contributed by atoms with van der Waals surface area (Å²) in [5.74, 6) is -0.638. The minimum atomic E-state index is -0.332. The van der Waals surface area contributed by atoms with E-state index >= 15 is 0 Å². The van der Waals surface area contributed by atoms with E-state index < -0.39 is 0 Å². The van der Waals surface area contributed by atoms with Gasteiger partial charge in [0.15, 0.2) is 6.61 Å². The molecule has 0 unspecified atom stereocenters. The number of nitrogens with zero attached hydrogens (tertiary/aromatic N) is 2. The number of carbonyl (C=O) groups excluding carboxylic acids is 2. The lowest BCUT2D eigenvalue weighted by Crippen LogP contribution is -2.20. The molecule has 2 rings (SSSR count). The van der Waals surface area contributed by atoms with Crippen molar-refractivity contribution in [2.45, 2.75) is 25.7 Å². The second-order valence-electron chi connectivity index (χ2n) is 4.24. The lowest BCUT2D eigenvalue weighted by atomic mass is 10.1. The highest BCUT2D eigenvalue weighted by Crippen LogP contribution is 2.25. The molecule has 1 saturated carbocycles. The van der Waals surface area contributed by atoms with Crippen molar-refractivity contribution in [3.05, 3.63) is 22.7 Å². The molecule has 0 aliphatic heterocycles. The molecule has 96 valence electrons. The van der Waals surface area contributed by atoms with Gasteiger partial charge in [-0.1, -0.05) is 12.8 Å². The van der Waals surface area contributed by atoms with Crippen molar-refractivity contribution in [3.8, 4) is 0 Å². The quantitative estimate of drug-likeness (QED) is 0.629. The topological polar surface area (TPSA) is 69.2 Å². The number of halogens is 1. The van der Waals surface area contributed by atoms with Crippen molar-refractivity contribution in [3.63, 3.8) is 0 Å². The Labute approximate surface area is 113 Å². The first-order chi connectivity index (χ1) is 8.66. The highest BCUT2D eigenvalue weighted by molar-refractivity contribution is 9.10. The molecule has 5 nitrogen and oxygen atoms in total. The van der Waals surface area contributed by atoms with E-state index in [1.165, 1.54) is 12.4 Å². The van der Waals surface area contributed by atoms with Gasteiger partial charge in [-0.05, 0) is 28.8 Å². The highest BCUT2D eigenvalue weighted by Gasteiger charge is 2.24. The predicted molar refractivity (Wildman–Crippen MR) is 67.0 cm³/mol. The number of ketones is 1. The Morgan fingerprint density at radius 1 is 1.28 bits per heavy atom. The van der Waals surface area contributed by atoms with E-state index in [2.05, 4.69) is 25.9 Å². The SMILES string of the molecule is O=C(COC(=O)C1CCCC1)c1cnc(Br)cn1. The fraction of sp³-hybridized carbons (Fsp3) is 0.500. The van der Waals surface area contributed by atoms with Gasteiger partial charge in [-0.25, -0.2) is 9.97 Å². The Kier molecular flexibility index (Phi) is 4.41. The van der Waals surface area contributed by atoms with Gasteiger partial charge in [0.05, 0.1) is 18.3 Å². The summed E-state index contributed by atoms with van der Waals surface area (Å²) in [7, 11) is 0. The summed E-state index contributed by atoms with van der Waals surface area (Å²) in [6.45, 7) is -0.258. The van der Waals surface area contributed by atoms with Crippen LogP contribution in [0.4, 0.5) is 0 Å². The Morgan fingerprint density at radius 3 is 2.61 bits per heavy atom. The van der Waals surface area contributed by atoms with Crippen LogP contribution in [0.2, 0.25) is 0 Å². The van der Waals surface area contributed by atoms with Crippen LogP contribution in [0.5, 0.6) is 0 Å². The molecular formula is C12H13BrN2O3. The number of Topliss-reactive ketones (excluding diaryl/α,β-unsaturated/α-hetero) is 1. The van der Waals surface area contributed by atoms with E-state index in [-0.39, 0.29) is 30.0 Å². The third-order valence-electron chi connectivity index (χ3n) is 2.94. The molecule has 0 saturated heterocycles. The standard InChI is InChI=1S/C12H13BrN2O3/c13-11-6-14-9(5-15-11)10(16)7-18-12(17)8-3-1-2-4-8/h5-6,8H,1-4,7H2. The summed E-state index contributed by atoms with van der Waals surface area (Å²) in [4.78, 5) is 31.1. The summed E-state index contributed by atoms with van der Waals surface area (Å²) in [5, 5.41) is 0. The molecule has 0 amide bonds. The molecule has 0 spiro atoms. The summed E-state index contributed by atoms with van der Waals surface area (Å²) >= 11 is 3.13. The Morgan fingerprint density at radius 2 is 2.00 bits per heavy atom. The van der Waals surface area contributed by atoms with Crippen molar-refractivity contribution in [1.29, 1.82) is 0 Å². The Balaban J connectivity index is 1.84. The third kappa shape index (κ3) is 3.35. The van der Waals surface area contributed by atoms with Crippen LogP contribution in [0.3, 0.4) is 0 Å². The van der Waals surface area contributed by atoms with Gasteiger partial charge in [-0.2, -0.15) is 0 Å². The van der Waals surface area contributed by atoms with Gasteiger partial charge in [-0.15, -0.1) is 0 Å². The lowest BCUT2D eigenvalue weighted by molar-refractivity contribution is -0.147. The van der Waals surface area contributed by atoms with E-state index in [4.69, 9.17) is 4.74 Å². The van der Waals surface area contributed by atoms with Crippen molar-refractivity contribution in [1.82, 2.24) is 9.97 Å².